The standard InChI is InChI=1S/C14H21N5O3/c1-8(2)12-16-13(18-17-12)10-7-19(5-6-22-10)14(21)9-3-4-11(20)15-9/h8-10H,3-7H2,1-2H3,(H,15,20)(H,16,17,18)/t9-,10-/m1/s1. The zero-order valence-electron chi connectivity index (χ0n) is 12.8. The number of nitrogens with one attached hydrogen (secondary N) is 2. The molecule has 3 heterocycles. The van der Waals surface area contributed by atoms with E-state index in [4.69, 9.17) is 4.74 Å². The Morgan fingerprint density at radius 3 is 2.91 bits per heavy atom. The molecule has 2 fully saturated rings. The Balaban J connectivity index is 1.65. The summed E-state index contributed by atoms with van der Waals surface area (Å²) in [5.41, 5.74) is 0. The highest BCUT2D eigenvalue weighted by molar-refractivity contribution is 5.90. The van der Waals surface area contributed by atoms with Crippen LogP contribution in [0.4, 0.5) is 0 Å². The molecule has 0 unspecified atom stereocenters. The van der Waals surface area contributed by atoms with Gasteiger partial charge in [-0.15, -0.1) is 0 Å². The molecule has 120 valence electrons. The van der Waals surface area contributed by atoms with Gasteiger partial charge in [0.25, 0.3) is 0 Å². The molecule has 0 aromatic carbocycles. The van der Waals surface area contributed by atoms with Crippen LogP contribution >= 0.6 is 0 Å². The highest BCUT2D eigenvalue weighted by atomic mass is 16.5. The highest BCUT2D eigenvalue weighted by Gasteiger charge is 2.34. The largest absolute Gasteiger partial charge is 0.367 e. The van der Waals surface area contributed by atoms with Crippen molar-refractivity contribution in [2.75, 3.05) is 19.7 Å². The fourth-order valence-corrected chi connectivity index (χ4v) is 2.72. The zero-order valence-corrected chi connectivity index (χ0v) is 12.8. The maximum atomic E-state index is 12.4. The molecule has 1 aromatic rings. The van der Waals surface area contributed by atoms with Crippen molar-refractivity contribution < 1.29 is 14.3 Å². The maximum absolute atomic E-state index is 12.4. The number of H-pyrrole nitrogens is 1. The van der Waals surface area contributed by atoms with E-state index < -0.39 is 6.04 Å². The first-order valence-electron chi connectivity index (χ1n) is 7.66. The SMILES string of the molecule is CC(C)c1n[nH]c([C@H]2CN(C(=O)[C@H]3CCC(=O)N3)CCO2)n1. The van der Waals surface area contributed by atoms with Crippen molar-refractivity contribution in [3.63, 3.8) is 0 Å². The number of ether oxygens (including phenoxy) is 1. The van der Waals surface area contributed by atoms with Crippen LogP contribution in [0.1, 0.15) is 50.4 Å². The van der Waals surface area contributed by atoms with Gasteiger partial charge in [0.2, 0.25) is 11.8 Å². The summed E-state index contributed by atoms with van der Waals surface area (Å²) in [6.45, 7) is 5.46. The van der Waals surface area contributed by atoms with Crippen molar-refractivity contribution in [3.05, 3.63) is 11.6 Å². The number of amides is 2. The molecule has 2 N–H and O–H groups in total. The Kier molecular flexibility index (Phi) is 4.10. The molecule has 1 aromatic heterocycles. The molecule has 0 radical (unpaired) electrons. The second-order valence-electron chi connectivity index (χ2n) is 6.04. The van der Waals surface area contributed by atoms with E-state index in [-0.39, 0.29) is 23.8 Å². The van der Waals surface area contributed by atoms with Crippen molar-refractivity contribution in [2.24, 2.45) is 0 Å². The quantitative estimate of drug-likeness (QED) is 0.825. The van der Waals surface area contributed by atoms with E-state index in [1.807, 2.05) is 13.8 Å². The Morgan fingerprint density at radius 2 is 2.27 bits per heavy atom. The molecular weight excluding hydrogens is 286 g/mol. The second kappa shape index (κ2) is 6.04. The summed E-state index contributed by atoms with van der Waals surface area (Å²) in [4.78, 5) is 29.9. The van der Waals surface area contributed by atoms with Crippen molar-refractivity contribution in [3.8, 4) is 0 Å². The number of rotatable bonds is 3. The first-order valence-corrected chi connectivity index (χ1v) is 7.66. The summed E-state index contributed by atoms with van der Waals surface area (Å²) in [6, 6.07) is -0.396. The Morgan fingerprint density at radius 1 is 1.45 bits per heavy atom. The smallest absolute Gasteiger partial charge is 0.245 e. The van der Waals surface area contributed by atoms with Gasteiger partial charge in [0.05, 0.1) is 13.2 Å². The molecule has 3 rings (SSSR count). The molecule has 0 aliphatic carbocycles. The molecule has 2 aliphatic rings. The van der Waals surface area contributed by atoms with Crippen LogP contribution in [0.3, 0.4) is 0 Å². The van der Waals surface area contributed by atoms with Crippen LogP contribution in [-0.2, 0) is 14.3 Å². The van der Waals surface area contributed by atoms with E-state index in [0.717, 1.165) is 5.82 Å². The number of carbonyl (C=O) groups excluding carboxylic acids is 2. The van der Waals surface area contributed by atoms with Crippen molar-refractivity contribution in [2.45, 2.75) is 44.8 Å². The van der Waals surface area contributed by atoms with E-state index in [0.29, 0.717) is 38.4 Å². The third kappa shape index (κ3) is 2.96. The van der Waals surface area contributed by atoms with Crippen molar-refractivity contribution in [1.82, 2.24) is 25.4 Å². The summed E-state index contributed by atoms with van der Waals surface area (Å²) >= 11 is 0. The number of morpholine rings is 1. The maximum Gasteiger partial charge on any atom is 0.245 e. The van der Waals surface area contributed by atoms with Gasteiger partial charge in [0, 0.05) is 18.9 Å². The second-order valence-corrected chi connectivity index (χ2v) is 6.04. The summed E-state index contributed by atoms with van der Waals surface area (Å²) in [7, 11) is 0. The molecule has 2 amide bonds. The van der Waals surface area contributed by atoms with Gasteiger partial charge in [-0.25, -0.2) is 4.98 Å². The molecule has 2 atom stereocenters. The normalized spacial score (nSPS) is 25.6. The van der Waals surface area contributed by atoms with Gasteiger partial charge in [-0.1, -0.05) is 13.8 Å². The average molecular weight is 307 g/mol. The van der Waals surface area contributed by atoms with Gasteiger partial charge >= 0.3 is 0 Å². The number of nitrogens with zero attached hydrogens (tertiary/aromatic N) is 3. The Labute approximate surface area is 128 Å². The molecular formula is C14H21N5O3. The summed E-state index contributed by atoms with van der Waals surface area (Å²) in [6.07, 6.45) is 0.693. The molecule has 0 spiro atoms. The fourth-order valence-electron chi connectivity index (χ4n) is 2.72. The molecule has 8 nitrogen and oxygen atoms in total. The van der Waals surface area contributed by atoms with Crippen LogP contribution in [0.2, 0.25) is 0 Å². The first kappa shape index (κ1) is 15.0. The molecule has 0 bridgehead atoms. The fraction of sp³-hybridized carbons (Fsp3) is 0.714. The molecule has 2 aliphatic heterocycles. The average Bonchev–Trinajstić information content (AvgIpc) is 3.15. The first-order chi connectivity index (χ1) is 10.5. The minimum Gasteiger partial charge on any atom is -0.367 e. The zero-order chi connectivity index (χ0) is 15.7. The number of carbonyl (C=O) groups is 2. The molecule has 2 saturated heterocycles. The summed E-state index contributed by atoms with van der Waals surface area (Å²) < 4.78 is 5.71. The van der Waals surface area contributed by atoms with Crippen molar-refractivity contribution in [1.29, 1.82) is 0 Å². The van der Waals surface area contributed by atoms with Crippen LogP contribution in [-0.4, -0.2) is 57.6 Å². The molecule has 8 heteroatoms. The number of aromatic nitrogens is 3. The lowest BCUT2D eigenvalue weighted by Gasteiger charge is -2.33. The van der Waals surface area contributed by atoms with Crippen LogP contribution in [0, 0.1) is 0 Å². The highest BCUT2D eigenvalue weighted by Crippen LogP contribution is 2.22. The predicted molar refractivity (Wildman–Crippen MR) is 76.9 cm³/mol. The molecule has 0 saturated carbocycles. The number of hydrogen-bond acceptors (Lipinski definition) is 5. The van der Waals surface area contributed by atoms with E-state index in [2.05, 4.69) is 20.5 Å². The number of hydrogen-bond donors (Lipinski definition) is 2. The lowest BCUT2D eigenvalue weighted by Crippen LogP contribution is -2.49. The van der Waals surface area contributed by atoms with Gasteiger partial charge in [0.1, 0.15) is 12.1 Å². The molecule has 22 heavy (non-hydrogen) atoms. The van der Waals surface area contributed by atoms with E-state index in [1.54, 1.807) is 4.90 Å². The lowest BCUT2D eigenvalue weighted by atomic mass is 10.1. The minimum atomic E-state index is -0.396. The van der Waals surface area contributed by atoms with Gasteiger partial charge in [-0.05, 0) is 6.42 Å². The monoisotopic (exact) mass is 307 g/mol. The topological polar surface area (TPSA) is 100 Å². The van der Waals surface area contributed by atoms with Gasteiger partial charge in [0.15, 0.2) is 11.6 Å². The lowest BCUT2D eigenvalue weighted by molar-refractivity contribution is -0.142. The van der Waals surface area contributed by atoms with Crippen LogP contribution < -0.4 is 5.32 Å². The van der Waals surface area contributed by atoms with E-state index in [9.17, 15) is 9.59 Å². The van der Waals surface area contributed by atoms with E-state index in [1.165, 1.54) is 0 Å². The number of aromatic amines is 1. The summed E-state index contributed by atoms with van der Waals surface area (Å²) in [5.74, 6) is 1.53. The van der Waals surface area contributed by atoms with E-state index >= 15 is 0 Å². The van der Waals surface area contributed by atoms with Crippen LogP contribution in [0.25, 0.3) is 0 Å². The predicted octanol–water partition coefficient (Wildman–Crippen LogP) is 0.107. The third-order valence-corrected chi connectivity index (χ3v) is 4.01. The van der Waals surface area contributed by atoms with Crippen molar-refractivity contribution >= 4 is 11.8 Å². The Hall–Kier alpha value is -1.96. The Bertz CT molecular complexity index is 571. The van der Waals surface area contributed by atoms with Gasteiger partial charge < -0.3 is 15.0 Å². The van der Waals surface area contributed by atoms with Crippen LogP contribution in [0.5, 0.6) is 0 Å². The van der Waals surface area contributed by atoms with Gasteiger partial charge in [-0.3, -0.25) is 14.7 Å². The summed E-state index contributed by atoms with van der Waals surface area (Å²) in [5, 5.41) is 9.79. The minimum absolute atomic E-state index is 0.0391. The third-order valence-electron chi connectivity index (χ3n) is 4.01. The van der Waals surface area contributed by atoms with Crippen LogP contribution in [0.15, 0.2) is 0 Å². The van der Waals surface area contributed by atoms with Gasteiger partial charge in [-0.2, -0.15) is 5.10 Å².